The minimum Gasteiger partial charge on any atom is -0.480 e. The summed E-state index contributed by atoms with van der Waals surface area (Å²) in [5.74, 6) is -12.2. The van der Waals surface area contributed by atoms with Gasteiger partial charge in [-0.3, -0.25) is 64.2 Å². The third kappa shape index (κ3) is 29.3. The molecule has 6 rings (SSSR count). The number of fused-ring (bicyclic) bond motifs is 2. The lowest BCUT2D eigenvalue weighted by atomic mass is 10.00. The van der Waals surface area contributed by atoms with E-state index in [1.807, 2.05) is 18.2 Å². The van der Waals surface area contributed by atoms with E-state index in [2.05, 4.69) is 79.1 Å². The smallest absolute Gasteiger partial charge is 0.326 e. The van der Waals surface area contributed by atoms with Gasteiger partial charge in [0.15, 0.2) is 17.9 Å². The molecule has 0 radical (unpaired) electrons. The topological polar surface area (TPSA) is 612 Å². The van der Waals surface area contributed by atoms with Crippen LogP contribution >= 0.6 is 0 Å². The Balaban J connectivity index is 1.23. The van der Waals surface area contributed by atoms with Crippen LogP contribution in [0.2, 0.25) is 0 Å². The van der Waals surface area contributed by atoms with Gasteiger partial charge in [0.05, 0.1) is 13.2 Å². The summed E-state index contributed by atoms with van der Waals surface area (Å²) in [6.45, 7) is 5.38. The zero-order valence-corrected chi connectivity index (χ0v) is 63.2. The van der Waals surface area contributed by atoms with Crippen molar-refractivity contribution >= 4 is 105 Å². The molecule has 2 aromatic heterocycles. The Morgan fingerprint density at radius 3 is 1.00 bits per heavy atom. The third-order valence-electron chi connectivity index (χ3n) is 18.2. The summed E-state index contributed by atoms with van der Waals surface area (Å²) in [6, 6.07) is 15.2. The molecule has 0 unspecified atom stereocenters. The van der Waals surface area contributed by atoms with E-state index < -0.39 is 151 Å². The molecule has 606 valence electrons. The predicted octanol–water partition coefficient (Wildman–Crippen LogP) is -1.95. The van der Waals surface area contributed by atoms with Gasteiger partial charge in [-0.25, -0.2) is 4.79 Å². The Labute approximate surface area is 648 Å². The van der Waals surface area contributed by atoms with Crippen LogP contribution in [0, 0.1) is 28.1 Å². The number of carbonyl (C=O) groups is 11. The van der Waals surface area contributed by atoms with Crippen LogP contribution in [0.3, 0.4) is 0 Å². The number of amides is 10. The van der Waals surface area contributed by atoms with Gasteiger partial charge < -0.3 is 117 Å². The number of carboxylic acids is 1. The number of aliphatic hydroxyl groups excluding tert-OH is 2. The minimum atomic E-state index is -1.79. The molecule has 6 aromatic rings. The number of benzene rings is 4. The Bertz CT molecular complexity index is 4180. The molecule has 0 aliphatic carbocycles. The van der Waals surface area contributed by atoms with Gasteiger partial charge in [0, 0.05) is 79.5 Å². The van der Waals surface area contributed by atoms with Crippen LogP contribution in [0.4, 0.5) is 0 Å². The van der Waals surface area contributed by atoms with Gasteiger partial charge in [0.1, 0.15) is 66.5 Å². The zero-order chi connectivity index (χ0) is 82.0. The number of nitrogens with one attached hydrogen (secondary N) is 18. The first-order valence-corrected chi connectivity index (χ1v) is 37.1. The van der Waals surface area contributed by atoms with Gasteiger partial charge in [0.2, 0.25) is 59.1 Å². The highest BCUT2D eigenvalue weighted by Gasteiger charge is 2.38. The Kier molecular flexibility index (Phi) is 35.7. The lowest BCUT2D eigenvalue weighted by Crippen LogP contribution is -2.61. The summed E-state index contributed by atoms with van der Waals surface area (Å²) in [5, 5.41) is 89.6. The number of guanidine groups is 3. The second-order valence-electron chi connectivity index (χ2n) is 28.1. The monoisotopic (exact) mass is 1550 g/mol. The maximum absolute atomic E-state index is 14.9. The molecule has 10 amide bonds. The van der Waals surface area contributed by atoms with Gasteiger partial charge in [-0.1, -0.05) is 125 Å². The molecule has 0 spiro atoms. The minimum absolute atomic E-state index is 0.0326. The van der Waals surface area contributed by atoms with E-state index in [4.69, 9.17) is 39.2 Å². The summed E-state index contributed by atoms with van der Waals surface area (Å²) in [5.41, 5.74) is 26.2. The van der Waals surface area contributed by atoms with E-state index in [1.54, 1.807) is 131 Å². The van der Waals surface area contributed by atoms with Gasteiger partial charge in [-0.15, -0.1) is 0 Å². The van der Waals surface area contributed by atoms with Gasteiger partial charge in [0.25, 0.3) is 0 Å². The van der Waals surface area contributed by atoms with E-state index in [9.17, 15) is 68.1 Å². The number of nitrogens with two attached hydrogens (primary N) is 4. The standard InChI is InChI=1S/C76H108N22O14/c1-42(2)32-56(66(104)89-54(27-16-30-85-75(80)81)65(103)95-59(35-45-20-9-6-10-21-45)69(107)97-61(37-47-39-88-52-25-14-12-23-49(47)52)70(108)91-55(73(111)112)28-17-31-86-76(82)83)94-72(110)62(41-100)98-67(105)57(33-43(3)4)93-64(102)53(26-15-29-84-74(78)79)90-68(106)58(34-44-18-7-5-8-19-44)96-71(109)60(92-63(101)50(77)40-99)36-46-38-87-51-24-13-11-22-48(46)51/h5-14,18-25,38-39,42-43,50,53-62,87-88,99-100H,15-17,26-37,40-41,77H2,1-4H3,(H,89,104)(H,90,106)(H,91,108)(H,92,101)(H,93,102)(H,94,110)(H,95,103)(H,96,109)(H,97,107)(H,98,105)(H,111,112)(H4,78,79,84)(H4,80,81,85)(H4,82,83,86)/t50-,53-,54-,55-,56-,57-,58-,59-,60-,61-,62-/m0/s1. The van der Waals surface area contributed by atoms with E-state index in [-0.39, 0.29) is 120 Å². The molecule has 0 saturated carbocycles. The van der Waals surface area contributed by atoms with E-state index in [0.717, 1.165) is 10.9 Å². The molecule has 0 aliphatic rings. The number of aromatic nitrogens is 2. The second kappa shape index (κ2) is 45.1. The molecular weight excluding hydrogens is 1440 g/mol. The Morgan fingerprint density at radius 2 is 0.652 bits per heavy atom. The lowest BCUT2D eigenvalue weighted by molar-refractivity contribution is -0.142. The first-order valence-electron chi connectivity index (χ1n) is 37.1. The highest BCUT2D eigenvalue weighted by Crippen LogP contribution is 2.22. The van der Waals surface area contributed by atoms with Crippen LogP contribution < -0.4 is 92.1 Å². The van der Waals surface area contributed by atoms with Gasteiger partial charge in [-0.05, 0) is 97.6 Å². The highest BCUT2D eigenvalue weighted by molar-refractivity contribution is 6.00. The molecule has 29 N–H and O–H groups in total. The van der Waals surface area contributed by atoms with Crippen LogP contribution in [0.1, 0.15) is 101 Å². The fourth-order valence-corrected chi connectivity index (χ4v) is 12.4. The van der Waals surface area contributed by atoms with Crippen LogP contribution in [0.25, 0.3) is 21.8 Å². The molecule has 112 heavy (non-hydrogen) atoms. The Hall–Kier alpha value is -12.2. The molecule has 0 aliphatic heterocycles. The van der Waals surface area contributed by atoms with Crippen LogP contribution in [0.15, 0.2) is 122 Å². The van der Waals surface area contributed by atoms with Crippen molar-refractivity contribution in [2.24, 2.45) is 34.8 Å². The number of carboxylic acid groups (broad SMARTS) is 1. The predicted molar refractivity (Wildman–Crippen MR) is 420 cm³/mol. The number of para-hydroxylation sites is 2. The molecule has 36 heteroatoms. The number of hydrogen-bond acceptors (Lipinski definition) is 17. The average molecular weight is 1550 g/mol. The normalized spacial score (nSPS) is 14.2. The number of H-pyrrole nitrogens is 2. The zero-order valence-electron chi connectivity index (χ0n) is 63.2. The average Bonchev–Trinajstić information content (AvgIpc) is 1.60. The highest BCUT2D eigenvalue weighted by atomic mass is 16.4. The van der Waals surface area contributed by atoms with Crippen molar-refractivity contribution in [3.05, 3.63) is 144 Å². The molecule has 0 bridgehead atoms. The number of hydrogen-bond donors (Lipinski definition) is 25. The number of aromatic amines is 2. The van der Waals surface area contributed by atoms with E-state index >= 15 is 0 Å². The van der Waals surface area contributed by atoms with Crippen molar-refractivity contribution in [3.8, 4) is 0 Å². The van der Waals surface area contributed by atoms with E-state index in [1.165, 1.54) is 0 Å². The summed E-state index contributed by atoms with van der Waals surface area (Å²) >= 11 is 0. The summed E-state index contributed by atoms with van der Waals surface area (Å²) in [4.78, 5) is 164. The maximum Gasteiger partial charge on any atom is 0.326 e. The van der Waals surface area contributed by atoms with Gasteiger partial charge >= 0.3 is 5.97 Å². The van der Waals surface area contributed by atoms with Crippen molar-refractivity contribution in [1.29, 1.82) is 16.2 Å². The molecule has 4 aromatic carbocycles. The molecule has 36 nitrogen and oxygen atoms in total. The third-order valence-corrected chi connectivity index (χ3v) is 18.2. The molecule has 2 heterocycles. The van der Waals surface area contributed by atoms with Crippen molar-refractivity contribution in [3.63, 3.8) is 0 Å². The van der Waals surface area contributed by atoms with Crippen LogP contribution in [-0.4, -0.2) is 208 Å². The molecule has 11 atom stereocenters. The number of aliphatic hydroxyl groups is 2. The Morgan fingerprint density at radius 1 is 0.366 bits per heavy atom. The van der Waals surface area contributed by atoms with Crippen LogP contribution in [-0.2, 0) is 78.4 Å². The second-order valence-corrected chi connectivity index (χ2v) is 28.1. The SMILES string of the molecule is CC(C)C[C@H](NC(=O)[C@H](CO)NC(=O)[C@H](CC(C)C)NC(=O)[C@H](CCCNC(=N)N)NC(=O)[C@H](Cc1ccccc1)NC(=O)[C@H](Cc1c[nH]c2ccccc12)NC(=O)[C@@H](N)CO)C(=O)N[C@@H](CCCNC(=N)N)C(=O)N[C@@H](Cc1ccccc1)C(=O)N[C@@H](Cc1c[nH]c2ccccc12)C(=O)N[C@@H](CCCNC(=N)N)C(=O)O. The summed E-state index contributed by atoms with van der Waals surface area (Å²) in [6.07, 6.45) is 2.56. The van der Waals surface area contributed by atoms with Crippen molar-refractivity contribution in [2.75, 3.05) is 32.8 Å². The fraction of sp³-hybridized carbons (Fsp3) is 0.447. The van der Waals surface area contributed by atoms with Crippen LogP contribution in [0.5, 0.6) is 0 Å². The fourth-order valence-electron chi connectivity index (χ4n) is 12.4. The lowest BCUT2D eigenvalue weighted by Gasteiger charge is -2.29. The molecule has 0 fully saturated rings. The molecular formula is C76H108N22O14. The number of rotatable bonds is 47. The van der Waals surface area contributed by atoms with Crippen molar-refractivity contribution in [1.82, 2.24) is 79.1 Å². The largest absolute Gasteiger partial charge is 0.480 e. The quantitative estimate of drug-likeness (QED) is 0.0112. The maximum atomic E-state index is 14.9. The first-order chi connectivity index (χ1) is 53.4. The summed E-state index contributed by atoms with van der Waals surface area (Å²) in [7, 11) is 0. The molecule has 0 saturated heterocycles. The first kappa shape index (κ1) is 88.7. The number of carbonyl (C=O) groups excluding carboxylic acids is 10. The van der Waals surface area contributed by atoms with Gasteiger partial charge in [-0.2, -0.15) is 0 Å². The summed E-state index contributed by atoms with van der Waals surface area (Å²) < 4.78 is 0. The number of aliphatic carboxylic acids is 1. The van der Waals surface area contributed by atoms with Crippen molar-refractivity contribution < 1.29 is 68.1 Å². The van der Waals surface area contributed by atoms with E-state index in [0.29, 0.717) is 33.2 Å². The van der Waals surface area contributed by atoms with Crippen molar-refractivity contribution in [2.45, 2.75) is 171 Å².